The zero-order valence-corrected chi connectivity index (χ0v) is 12.0. The number of nitrogens with zero attached hydrogens (tertiary/aromatic N) is 1. The largest absolute Gasteiger partial charge is 0.465 e. The van der Waals surface area contributed by atoms with E-state index in [1.807, 2.05) is 0 Å². The molecule has 2 aliphatic heterocycles. The maximum Gasteiger partial charge on any atom is 0.320 e. The average Bonchev–Trinajstić information content (AvgIpc) is 3.13. The molecule has 6 nitrogen and oxygen atoms in total. The number of ether oxygens (including phenoxy) is 3. The fraction of sp³-hybridized carbons (Fsp3) is 0.867. The molecule has 2 saturated heterocycles. The van der Waals surface area contributed by atoms with Gasteiger partial charge in [-0.25, -0.2) is 0 Å². The van der Waals surface area contributed by atoms with Crippen LogP contribution in [0.25, 0.3) is 0 Å². The van der Waals surface area contributed by atoms with Crippen molar-refractivity contribution in [1.82, 2.24) is 4.90 Å². The van der Waals surface area contributed by atoms with Gasteiger partial charge in [-0.1, -0.05) is 0 Å². The molecule has 21 heavy (non-hydrogen) atoms. The third-order valence-electron chi connectivity index (χ3n) is 5.54. The number of hydrogen-bond donors (Lipinski definition) is 0. The van der Waals surface area contributed by atoms with Gasteiger partial charge in [-0.3, -0.25) is 14.5 Å². The second-order valence-corrected chi connectivity index (χ2v) is 6.63. The summed E-state index contributed by atoms with van der Waals surface area (Å²) in [6, 6.07) is 0. The average molecular weight is 295 g/mol. The summed E-state index contributed by atoms with van der Waals surface area (Å²) in [5.41, 5.74) is 0. The van der Waals surface area contributed by atoms with Gasteiger partial charge in [0.1, 0.15) is 6.10 Å². The Morgan fingerprint density at radius 1 is 1.24 bits per heavy atom. The Hall–Kier alpha value is -1.14. The molecule has 0 radical (unpaired) electrons. The lowest BCUT2D eigenvalue weighted by molar-refractivity contribution is -0.155. The third kappa shape index (κ3) is 2.34. The van der Waals surface area contributed by atoms with E-state index in [0.717, 1.165) is 25.9 Å². The highest BCUT2D eigenvalue weighted by atomic mass is 16.6. The van der Waals surface area contributed by atoms with Gasteiger partial charge < -0.3 is 14.2 Å². The molecule has 6 heteroatoms. The Morgan fingerprint density at radius 3 is 2.86 bits per heavy atom. The Kier molecular flexibility index (Phi) is 3.38. The van der Waals surface area contributed by atoms with Crippen LogP contribution >= 0.6 is 0 Å². The van der Waals surface area contributed by atoms with Crippen LogP contribution in [0.4, 0.5) is 0 Å². The van der Waals surface area contributed by atoms with Crippen molar-refractivity contribution < 1.29 is 23.8 Å². The maximum absolute atomic E-state index is 12.1. The minimum Gasteiger partial charge on any atom is -0.465 e. The summed E-state index contributed by atoms with van der Waals surface area (Å²) in [6.07, 6.45) is 1.83. The molecule has 4 aliphatic rings. The molecule has 116 valence electrons. The summed E-state index contributed by atoms with van der Waals surface area (Å²) < 4.78 is 16.1. The van der Waals surface area contributed by atoms with Crippen molar-refractivity contribution in [1.29, 1.82) is 0 Å². The van der Waals surface area contributed by atoms with Gasteiger partial charge in [-0.2, -0.15) is 0 Å². The van der Waals surface area contributed by atoms with Crippen molar-refractivity contribution in [3.8, 4) is 0 Å². The molecule has 0 amide bonds. The number of hydrogen-bond acceptors (Lipinski definition) is 6. The van der Waals surface area contributed by atoms with Crippen LogP contribution in [0.1, 0.15) is 12.8 Å². The summed E-state index contributed by atoms with van der Waals surface area (Å²) in [5.74, 6) is 0.847. The van der Waals surface area contributed by atoms with E-state index in [9.17, 15) is 9.59 Å². The summed E-state index contributed by atoms with van der Waals surface area (Å²) in [6.45, 7) is 3.82. The fourth-order valence-corrected chi connectivity index (χ4v) is 4.58. The smallest absolute Gasteiger partial charge is 0.320 e. The molecule has 0 spiro atoms. The summed E-state index contributed by atoms with van der Waals surface area (Å²) in [5, 5.41) is 0. The predicted octanol–water partition coefficient (Wildman–Crippen LogP) is 0.0594. The van der Waals surface area contributed by atoms with E-state index in [0.29, 0.717) is 38.2 Å². The first-order chi connectivity index (χ1) is 10.2. The first-order valence-electron chi connectivity index (χ1n) is 7.88. The molecule has 5 unspecified atom stereocenters. The SMILES string of the molecule is O=C(CN1CCOCC1)OC1CC2CC1C1COC(=O)C21. The van der Waals surface area contributed by atoms with Crippen LogP contribution in [0.2, 0.25) is 0 Å². The van der Waals surface area contributed by atoms with E-state index in [2.05, 4.69) is 4.90 Å². The number of carbonyl (C=O) groups is 2. The molecule has 0 N–H and O–H groups in total. The van der Waals surface area contributed by atoms with E-state index in [1.54, 1.807) is 0 Å². The molecule has 5 atom stereocenters. The van der Waals surface area contributed by atoms with Crippen LogP contribution in [-0.4, -0.2) is 62.4 Å². The van der Waals surface area contributed by atoms with Crippen molar-refractivity contribution in [2.24, 2.45) is 23.7 Å². The van der Waals surface area contributed by atoms with Crippen LogP contribution < -0.4 is 0 Å². The highest BCUT2D eigenvalue weighted by Gasteiger charge is 2.60. The Labute approximate surface area is 123 Å². The lowest BCUT2D eigenvalue weighted by Gasteiger charge is -2.30. The second-order valence-electron chi connectivity index (χ2n) is 6.63. The quantitative estimate of drug-likeness (QED) is 0.686. The highest BCUT2D eigenvalue weighted by molar-refractivity contribution is 5.76. The van der Waals surface area contributed by atoms with Gasteiger partial charge in [0.05, 0.1) is 32.3 Å². The topological polar surface area (TPSA) is 65.1 Å². The summed E-state index contributed by atoms with van der Waals surface area (Å²) >= 11 is 0. The van der Waals surface area contributed by atoms with E-state index in [-0.39, 0.29) is 29.9 Å². The van der Waals surface area contributed by atoms with Crippen molar-refractivity contribution >= 4 is 11.9 Å². The van der Waals surface area contributed by atoms with E-state index in [4.69, 9.17) is 14.2 Å². The van der Waals surface area contributed by atoms with E-state index < -0.39 is 0 Å². The molecule has 2 bridgehead atoms. The van der Waals surface area contributed by atoms with Crippen LogP contribution in [-0.2, 0) is 23.8 Å². The predicted molar refractivity (Wildman–Crippen MR) is 71.3 cm³/mol. The molecule has 0 aromatic carbocycles. The lowest BCUT2D eigenvalue weighted by Crippen LogP contribution is -2.42. The van der Waals surface area contributed by atoms with Crippen molar-refractivity contribution in [3.63, 3.8) is 0 Å². The molecule has 2 heterocycles. The first kappa shape index (κ1) is 13.5. The number of fused-ring (bicyclic) bond motifs is 5. The molecular weight excluding hydrogens is 274 g/mol. The van der Waals surface area contributed by atoms with Crippen LogP contribution in [0.5, 0.6) is 0 Å². The van der Waals surface area contributed by atoms with Crippen LogP contribution in [0.15, 0.2) is 0 Å². The molecule has 4 rings (SSSR count). The van der Waals surface area contributed by atoms with Crippen molar-refractivity contribution in [3.05, 3.63) is 0 Å². The Bertz CT molecular complexity index is 447. The zero-order valence-electron chi connectivity index (χ0n) is 12.0. The molecule has 2 aliphatic carbocycles. The number of esters is 2. The minimum atomic E-state index is -0.142. The number of morpholine rings is 1. The monoisotopic (exact) mass is 295 g/mol. The van der Waals surface area contributed by atoms with Crippen LogP contribution in [0.3, 0.4) is 0 Å². The molecule has 2 saturated carbocycles. The molecular formula is C15H21NO5. The summed E-state index contributed by atoms with van der Waals surface area (Å²) in [4.78, 5) is 25.9. The molecule has 0 aromatic heterocycles. The number of rotatable bonds is 3. The molecule has 0 aromatic rings. The maximum atomic E-state index is 12.1. The Morgan fingerprint density at radius 2 is 2.05 bits per heavy atom. The minimum absolute atomic E-state index is 0.0145. The fourth-order valence-electron chi connectivity index (χ4n) is 4.58. The standard InChI is InChI=1S/C15H21NO5/c17-13(7-16-1-3-19-4-2-16)21-12-6-9-5-10(12)11-8-20-15(18)14(9)11/h9-12,14H,1-8H2. The van der Waals surface area contributed by atoms with Gasteiger partial charge >= 0.3 is 11.9 Å². The van der Waals surface area contributed by atoms with Gasteiger partial charge in [0, 0.05) is 24.9 Å². The normalized spacial score (nSPS) is 41.9. The van der Waals surface area contributed by atoms with Gasteiger partial charge in [0.25, 0.3) is 0 Å². The van der Waals surface area contributed by atoms with E-state index in [1.165, 1.54) is 0 Å². The summed E-state index contributed by atoms with van der Waals surface area (Å²) in [7, 11) is 0. The Balaban J connectivity index is 1.32. The van der Waals surface area contributed by atoms with Gasteiger partial charge in [0.2, 0.25) is 0 Å². The second kappa shape index (κ2) is 5.25. The first-order valence-corrected chi connectivity index (χ1v) is 7.88. The van der Waals surface area contributed by atoms with Gasteiger partial charge in [0.15, 0.2) is 0 Å². The lowest BCUT2D eigenvalue weighted by atomic mass is 9.80. The van der Waals surface area contributed by atoms with E-state index >= 15 is 0 Å². The van der Waals surface area contributed by atoms with Gasteiger partial charge in [-0.05, 0) is 18.8 Å². The van der Waals surface area contributed by atoms with Crippen molar-refractivity contribution in [2.45, 2.75) is 18.9 Å². The van der Waals surface area contributed by atoms with Gasteiger partial charge in [-0.15, -0.1) is 0 Å². The zero-order chi connectivity index (χ0) is 14.4. The number of cyclic esters (lactones) is 1. The third-order valence-corrected chi connectivity index (χ3v) is 5.54. The number of carbonyl (C=O) groups excluding carboxylic acids is 2. The highest BCUT2D eigenvalue weighted by Crippen LogP contribution is 2.55. The van der Waals surface area contributed by atoms with Crippen molar-refractivity contribution in [2.75, 3.05) is 39.5 Å². The van der Waals surface area contributed by atoms with Crippen LogP contribution in [0, 0.1) is 23.7 Å². The molecule has 4 fully saturated rings.